The Kier molecular flexibility index (Phi) is 5.67. The second-order valence-corrected chi connectivity index (χ2v) is 8.59. The van der Waals surface area contributed by atoms with E-state index in [0.717, 1.165) is 18.1 Å². The number of piperidine rings is 1. The molecule has 0 radical (unpaired) electrons. The molecule has 3 aromatic rings. The lowest BCUT2D eigenvalue weighted by molar-refractivity contribution is 0.144. The van der Waals surface area contributed by atoms with Crippen LogP contribution < -0.4 is 4.90 Å². The molecule has 1 saturated heterocycles. The van der Waals surface area contributed by atoms with E-state index >= 15 is 0 Å². The SMILES string of the molecule is CSC[C@H]1C[C@@H](C)CN(c2cc(-c3cnc4ccc(C(F)F)nn34)ncn2)[C@H]1C. The van der Waals surface area contributed by atoms with E-state index in [1.54, 1.807) is 12.3 Å². The van der Waals surface area contributed by atoms with Crippen LogP contribution >= 0.6 is 11.8 Å². The number of hydrogen-bond acceptors (Lipinski definition) is 6. The molecule has 29 heavy (non-hydrogen) atoms. The summed E-state index contributed by atoms with van der Waals surface area (Å²) in [6.07, 6.45) is 3.85. The monoisotopic (exact) mass is 418 g/mol. The smallest absolute Gasteiger partial charge is 0.282 e. The average Bonchev–Trinajstić information content (AvgIpc) is 3.14. The third kappa shape index (κ3) is 3.92. The van der Waals surface area contributed by atoms with Gasteiger partial charge in [0.05, 0.1) is 11.9 Å². The van der Waals surface area contributed by atoms with Crippen molar-refractivity contribution in [1.29, 1.82) is 0 Å². The van der Waals surface area contributed by atoms with Gasteiger partial charge in [-0.05, 0) is 49.3 Å². The van der Waals surface area contributed by atoms with Gasteiger partial charge in [-0.3, -0.25) is 0 Å². The van der Waals surface area contributed by atoms with Gasteiger partial charge in [-0.1, -0.05) is 6.92 Å². The summed E-state index contributed by atoms with van der Waals surface area (Å²) < 4.78 is 27.6. The number of halogens is 2. The number of hydrogen-bond donors (Lipinski definition) is 0. The molecular weight excluding hydrogens is 394 g/mol. The van der Waals surface area contributed by atoms with Crippen molar-refractivity contribution in [1.82, 2.24) is 24.6 Å². The quantitative estimate of drug-likeness (QED) is 0.614. The van der Waals surface area contributed by atoms with E-state index in [1.165, 1.54) is 23.3 Å². The summed E-state index contributed by atoms with van der Waals surface area (Å²) in [6, 6.07) is 5.11. The number of anilines is 1. The molecule has 9 heteroatoms. The van der Waals surface area contributed by atoms with Crippen LogP contribution in [-0.4, -0.2) is 49.2 Å². The normalized spacial score (nSPS) is 22.6. The van der Waals surface area contributed by atoms with Gasteiger partial charge in [-0.25, -0.2) is 28.2 Å². The number of rotatable bonds is 5. The molecule has 0 amide bonds. The maximum Gasteiger partial charge on any atom is 0.282 e. The zero-order valence-corrected chi connectivity index (χ0v) is 17.5. The Morgan fingerprint density at radius 3 is 2.79 bits per heavy atom. The van der Waals surface area contributed by atoms with Crippen LogP contribution in [0.2, 0.25) is 0 Å². The van der Waals surface area contributed by atoms with Crippen molar-refractivity contribution in [3.8, 4) is 11.4 Å². The van der Waals surface area contributed by atoms with E-state index in [4.69, 9.17) is 0 Å². The van der Waals surface area contributed by atoms with Gasteiger partial charge in [0.1, 0.15) is 23.5 Å². The third-order valence-electron chi connectivity index (χ3n) is 5.58. The van der Waals surface area contributed by atoms with Crippen molar-refractivity contribution in [2.75, 3.05) is 23.5 Å². The predicted molar refractivity (Wildman–Crippen MR) is 111 cm³/mol. The fraction of sp³-hybridized carbons (Fsp3) is 0.500. The Balaban J connectivity index is 1.71. The highest BCUT2D eigenvalue weighted by molar-refractivity contribution is 7.98. The minimum atomic E-state index is -2.64. The summed E-state index contributed by atoms with van der Waals surface area (Å²) in [5, 5.41) is 4.04. The number of thioether (sulfide) groups is 1. The number of fused-ring (bicyclic) bond motifs is 1. The topological polar surface area (TPSA) is 59.2 Å². The second-order valence-electron chi connectivity index (χ2n) is 7.68. The van der Waals surface area contributed by atoms with E-state index in [2.05, 4.69) is 45.1 Å². The molecule has 0 spiro atoms. The number of imidazole rings is 1. The van der Waals surface area contributed by atoms with Gasteiger partial charge in [-0.15, -0.1) is 0 Å². The summed E-state index contributed by atoms with van der Waals surface area (Å²) in [7, 11) is 0. The zero-order valence-electron chi connectivity index (χ0n) is 16.7. The summed E-state index contributed by atoms with van der Waals surface area (Å²) in [5.41, 5.74) is 1.41. The van der Waals surface area contributed by atoms with Crippen molar-refractivity contribution in [3.05, 3.63) is 36.4 Å². The fourth-order valence-corrected chi connectivity index (χ4v) is 4.93. The van der Waals surface area contributed by atoms with Crippen molar-refractivity contribution in [2.24, 2.45) is 11.8 Å². The Morgan fingerprint density at radius 2 is 2.03 bits per heavy atom. The van der Waals surface area contributed by atoms with E-state index < -0.39 is 6.43 Å². The maximum absolute atomic E-state index is 13.1. The molecule has 1 aliphatic rings. The number of alkyl halides is 2. The molecule has 154 valence electrons. The number of nitrogens with zero attached hydrogens (tertiary/aromatic N) is 6. The van der Waals surface area contributed by atoms with Crippen LogP contribution in [0, 0.1) is 11.8 Å². The molecule has 6 nitrogen and oxygen atoms in total. The van der Waals surface area contributed by atoms with Crippen LogP contribution in [0.15, 0.2) is 30.7 Å². The Bertz CT molecular complexity index is 994. The molecule has 1 aliphatic heterocycles. The maximum atomic E-state index is 13.1. The minimum absolute atomic E-state index is 0.288. The molecular formula is C20H24F2N6S. The van der Waals surface area contributed by atoms with E-state index in [1.807, 2.05) is 17.8 Å². The van der Waals surface area contributed by atoms with Crippen molar-refractivity contribution >= 4 is 23.2 Å². The van der Waals surface area contributed by atoms with E-state index in [-0.39, 0.29) is 5.69 Å². The summed E-state index contributed by atoms with van der Waals surface area (Å²) in [5.74, 6) is 3.14. The lowest BCUT2D eigenvalue weighted by Gasteiger charge is -2.43. The van der Waals surface area contributed by atoms with Gasteiger partial charge in [0.2, 0.25) is 0 Å². The molecule has 0 saturated carbocycles. The Labute approximate surface area is 172 Å². The van der Waals surface area contributed by atoms with Crippen LogP contribution in [0.1, 0.15) is 32.4 Å². The average molecular weight is 419 g/mol. The van der Waals surface area contributed by atoms with Crippen molar-refractivity contribution in [2.45, 2.75) is 32.7 Å². The molecule has 4 rings (SSSR count). The summed E-state index contributed by atoms with van der Waals surface area (Å²) >= 11 is 1.88. The van der Waals surface area contributed by atoms with Crippen LogP contribution in [0.25, 0.3) is 17.0 Å². The molecule has 3 atom stereocenters. The van der Waals surface area contributed by atoms with Gasteiger partial charge in [0.15, 0.2) is 5.65 Å². The lowest BCUT2D eigenvalue weighted by atomic mass is 9.86. The van der Waals surface area contributed by atoms with Crippen molar-refractivity contribution < 1.29 is 8.78 Å². The molecule has 1 fully saturated rings. The Morgan fingerprint density at radius 1 is 1.21 bits per heavy atom. The van der Waals surface area contributed by atoms with Gasteiger partial charge in [0.25, 0.3) is 6.43 Å². The molecule has 0 aromatic carbocycles. The van der Waals surface area contributed by atoms with E-state index in [0.29, 0.717) is 34.9 Å². The fourth-order valence-electron chi connectivity index (χ4n) is 4.09. The van der Waals surface area contributed by atoms with Crippen molar-refractivity contribution in [3.63, 3.8) is 0 Å². The van der Waals surface area contributed by atoms with Crippen LogP contribution in [0.5, 0.6) is 0 Å². The van der Waals surface area contributed by atoms with Crippen LogP contribution in [-0.2, 0) is 0 Å². The first kappa shape index (κ1) is 20.0. The largest absolute Gasteiger partial charge is 0.353 e. The summed E-state index contributed by atoms with van der Waals surface area (Å²) in [4.78, 5) is 15.5. The molecule has 0 N–H and O–H groups in total. The zero-order chi connectivity index (χ0) is 20.5. The summed E-state index contributed by atoms with van der Waals surface area (Å²) in [6.45, 7) is 5.46. The Hall–Kier alpha value is -2.29. The first-order valence-electron chi connectivity index (χ1n) is 9.68. The first-order valence-corrected chi connectivity index (χ1v) is 11.1. The number of aromatic nitrogens is 5. The standard InChI is InChI=1S/C20H24F2N6S/c1-12-6-14(10-29-3)13(2)27(9-12)19-7-16(24-11-25-19)17-8-23-18-5-4-15(20(21)22)26-28(17)18/h4-5,7-8,11-14,20H,6,9-10H2,1-3H3/t12-,13+,14-/m1/s1. The van der Waals surface area contributed by atoms with E-state index in [9.17, 15) is 8.78 Å². The molecule has 3 aromatic heterocycles. The molecule has 0 aliphatic carbocycles. The molecule has 4 heterocycles. The second kappa shape index (κ2) is 8.22. The molecule has 0 bridgehead atoms. The highest BCUT2D eigenvalue weighted by atomic mass is 32.2. The van der Waals surface area contributed by atoms with Gasteiger partial charge in [0, 0.05) is 18.7 Å². The highest BCUT2D eigenvalue weighted by Crippen LogP contribution is 2.33. The van der Waals surface area contributed by atoms with Crippen LogP contribution in [0.3, 0.4) is 0 Å². The predicted octanol–water partition coefficient (Wildman–Crippen LogP) is 4.34. The van der Waals surface area contributed by atoms with Crippen LogP contribution in [0.4, 0.5) is 14.6 Å². The van der Waals surface area contributed by atoms with Gasteiger partial charge < -0.3 is 4.90 Å². The third-order valence-corrected chi connectivity index (χ3v) is 6.35. The lowest BCUT2D eigenvalue weighted by Crippen LogP contribution is -2.48. The highest BCUT2D eigenvalue weighted by Gasteiger charge is 2.32. The first-order chi connectivity index (χ1) is 14.0. The van der Waals surface area contributed by atoms with Gasteiger partial charge >= 0.3 is 0 Å². The van der Waals surface area contributed by atoms with Gasteiger partial charge in [-0.2, -0.15) is 16.9 Å². The molecule has 0 unspecified atom stereocenters. The minimum Gasteiger partial charge on any atom is -0.353 e.